The molecule has 2 aromatic rings. The molecule has 0 radical (unpaired) electrons. The van der Waals surface area contributed by atoms with Gasteiger partial charge in [0.2, 0.25) is 11.2 Å². The molecule has 1 aromatic heterocycles. The van der Waals surface area contributed by atoms with E-state index in [9.17, 15) is 29.4 Å². The van der Waals surface area contributed by atoms with Crippen molar-refractivity contribution in [1.29, 1.82) is 0 Å². The van der Waals surface area contributed by atoms with Crippen LogP contribution in [0.4, 0.5) is 10.1 Å². The number of nitrogens with two attached hydrogens (primary N) is 1. The van der Waals surface area contributed by atoms with Gasteiger partial charge in [-0.15, -0.1) is 0 Å². The number of pyridine rings is 1. The highest BCUT2D eigenvalue weighted by Gasteiger charge is 2.68. The zero-order chi connectivity index (χ0) is 36.9. The first-order valence-corrected chi connectivity index (χ1v) is 19.2. The van der Waals surface area contributed by atoms with Crippen molar-refractivity contribution >= 4 is 45.7 Å². The Kier molecular flexibility index (Phi) is 8.64. The molecule has 4 N–H and O–H groups in total. The number of nitrogens with zero attached hydrogens (tertiary/aromatic N) is 2. The number of halogens is 2. The second kappa shape index (κ2) is 12.6. The number of carbonyl (C=O) groups is 3. The third kappa shape index (κ3) is 5.35. The molecular weight excluding hydrogens is 689 g/mol. The van der Waals surface area contributed by atoms with Crippen LogP contribution in [0.25, 0.3) is 10.9 Å². The van der Waals surface area contributed by atoms with Gasteiger partial charge in [0.1, 0.15) is 17.0 Å². The second-order valence-corrected chi connectivity index (χ2v) is 17.1. The number of aliphatic hydroxyl groups is 2. The van der Waals surface area contributed by atoms with Gasteiger partial charge in [-0.25, -0.2) is 9.18 Å². The summed E-state index contributed by atoms with van der Waals surface area (Å²) in [5.41, 5.74) is 3.40. The summed E-state index contributed by atoms with van der Waals surface area (Å²) in [4.78, 5) is 55.3. The number of fused-ring (bicyclic) bond motifs is 6. The van der Waals surface area contributed by atoms with Crippen LogP contribution in [-0.4, -0.2) is 69.8 Å². The third-order valence-corrected chi connectivity index (χ3v) is 14.2. The summed E-state index contributed by atoms with van der Waals surface area (Å²) < 4.78 is 23.1. The number of hydrogen-bond donors (Lipinski definition) is 3. The summed E-state index contributed by atoms with van der Waals surface area (Å²) in [6.45, 7) is 4.15. The van der Waals surface area contributed by atoms with Gasteiger partial charge in [-0.05, 0) is 87.8 Å². The number of Topliss-reactive ketones (excluding diaryl/α,β-unsaturated/α-hetero) is 1. The Labute approximate surface area is 306 Å². The minimum atomic E-state index is -1.86. The normalized spacial score (nSPS) is 35.8. The summed E-state index contributed by atoms with van der Waals surface area (Å²) in [6.07, 6.45) is 12.2. The van der Waals surface area contributed by atoms with Crippen LogP contribution in [0.1, 0.15) is 94.5 Å². The average Bonchev–Trinajstić information content (AvgIpc) is 3.92. The number of aromatic nitrogens is 1. The summed E-state index contributed by atoms with van der Waals surface area (Å²) in [7, 11) is 0. The minimum Gasteiger partial charge on any atom is -0.454 e. The lowest BCUT2D eigenvalue weighted by Crippen LogP contribution is -2.61. The largest absolute Gasteiger partial charge is 0.454 e. The molecule has 2 heterocycles. The molecular formula is C40H47ClFN3O7. The van der Waals surface area contributed by atoms with Crippen molar-refractivity contribution < 1.29 is 33.7 Å². The van der Waals surface area contributed by atoms with Crippen LogP contribution in [0.5, 0.6) is 0 Å². The van der Waals surface area contributed by atoms with E-state index in [1.54, 1.807) is 16.7 Å². The monoisotopic (exact) mass is 735 g/mol. The summed E-state index contributed by atoms with van der Waals surface area (Å²) >= 11 is 6.91. The molecule has 12 heteroatoms. The van der Waals surface area contributed by atoms with Gasteiger partial charge >= 0.3 is 5.97 Å². The van der Waals surface area contributed by atoms with Gasteiger partial charge < -0.3 is 30.2 Å². The number of carbonyl (C=O) groups excluding carboxylic acids is 3. The smallest absolute Gasteiger partial charge is 0.344 e. The highest BCUT2D eigenvalue weighted by molar-refractivity contribution is 6.38. The van der Waals surface area contributed by atoms with Crippen molar-refractivity contribution in [1.82, 2.24) is 4.57 Å². The van der Waals surface area contributed by atoms with E-state index in [0.717, 1.165) is 50.2 Å². The molecule has 1 unspecified atom stereocenters. The Hall–Kier alpha value is -3.38. The average molecular weight is 736 g/mol. The predicted octanol–water partition coefficient (Wildman–Crippen LogP) is 5.18. The number of ketones is 2. The van der Waals surface area contributed by atoms with Crippen molar-refractivity contribution in [3.8, 4) is 0 Å². The molecule has 4 saturated carbocycles. The van der Waals surface area contributed by atoms with E-state index in [1.165, 1.54) is 6.20 Å². The lowest BCUT2D eigenvalue weighted by Gasteiger charge is -2.59. The lowest BCUT2D eigenvalue weighted by atomic mass is 9.46. The zero-order valence-electron chi connectivity index (χ0n) is 29.7. The molecule has 0 bridgehead atoms. The number of anilines is 1. The number of ether oxygens (including phenoxy) is 1. The molecule has 52 heavy (non-hydrogen) atoms. The quantitative estimate of drug-likeness (QED) is 0.341. The maximum absolute atomic E-state index is 15.8. The highest BCUT2D eigenvalue weighted by atomic mass is 35.5. The Balaban J connectivity index is 1.05. The van der Waals surface area contributed by atoms with Crippen LogP contribution in [0.15, 0.2) is 40.9 Å². The van der Waals surface area contributed by atoms with E-state index >= 15 is 4.39 Å². The molecule has 0 amide bonds. The van der Waals surface area contributed by atoms with Crippen LogP contribution in [0, 0.1) is 34.4 Å². The predicted molar refractivity (Wildman–Crippen MR) is 194 cm³/mol. The van der Waals surface area contributed by atoms with E-state index < -0.39 is 52.1 Å². The second-order valence-electron chi connectivity index (χ2n) is 16.7. The molecule has 8 atom stereocenters. The van der Waals surface area contributed by atoms with Gasteiger partial charge in [-0.1, -0.05) is 43.5 Å². The van der Waals surface area contributed by atoms with Crippen molar-refractivity contribution in [3.05, 3.63) is 62.7 Å². The standard InChI is InChI=1S/C40H47ClFN3O7/c1-38-12-10-24(46)15-21(38)6-9-25-28-11-13-40(51,39(28,2)17-30(47)32(25)38)31(48)20-52-37(50)27-19-45(23-7-8-23)34-26(36(27)49)16-29(42)35(33(34)41)44-14-4-3-5-22(43)18-44/h10,12,15-16,19,22-23,25,28,30,32,47,51H,3-9,11,13-14,17-18,20,43H2,1-2H3/t22-,25+,28+,30+,32?,38+,39+,40+/m0/s1. The van der Waals surface area contributed by atoms with Gasteiger partial charge in [0.15, 0.2) is 12.4 Å². The van der Waals surface area contributed by atoms with Gasteiger partial charge in [0.25, 0.3) is 0 Å². The fourth-order valence-electron chi connectivity index (χ4n) is 11.0. The molecule has 5 fully saturated rings. The van der Waals surface area contributed by atoms with Crippen molar-refractivity contribution in [2.75, 3.05) is 24.6 Å². The number of allylic oxidation sites excluding steroid dienone is 4. The lowest BCUT2D eigenvalue weighted by molar-refractivity contribution is -0.178. The number of rotatable bonds is 6. The first-order valence-electron chi connectivity index (χ1n) is 18.8. The van der Waals surface area contributed by atoms with Gasteiger partial charge in [-0.2, -0.15) is 0 Å². The Bertz CT molecular complexity index is 2010. The van der Waals surface area contributed by atoms with Crippen LogP contribution in [0.3, 0.4) is 0 Å². The van der Waals surface area contributed by atoms with Gasteiger partial charge in [-0.3, -0.25) is 14.4 Å². The topological polar surface area (TPSA) is 152 Å². The van der Waals surface area contributed by atoms with Crippen LogP contribution in [-0.2, 0) is 14.3 Å². The molecule has 1 aliphatic heterocycles. The van der Waals surface area contributed by atoms with Crippen molar-refractivity contribution in [2.45, 2.75) is 102 Å². The highest BCUT2D eigenvalue weighted by Crippen LogP contribution is 2.67. The van der Waals surface area contributed by atoms with E-state index in [0.29, 0.717) is 31.4 Å². The fourth-order valence-corrected chi connectivity index (χ4v) is 11.4. The first-order chi connectivity index (χ1) is 24.7. The molecule has 10 nitrogen and oxygen atoms in total. The number of hydrogen-bond acceptors (Lipinski definition) is 9. The fraction of sp³-hybridized carbons (Fsp3) is 0.600. The maximum atomic E-state index is 15.8. The maximum Gasteiger partial charge on any atom is 0.344 e. The Morgan fingerprint density at radius 3 is 2.65 bits per heavy atom. The van der Waals surface area contributed by atoms with Crippen LogP contribution >= 0.6 is 11.6 Å². The molecule has 8 rings (SSSR count). The summed E-state index contributed by atoms with van der Waals surface area (Å²) in [5, 5.41) is 23.9. The molecule has 5 aliphatic carbocycles. The zero-order valence-corrected chi connectivity index (χ0v) is 30.5. The van der Waals surface area contributed by atoms with Crippen LogP contribution in [0.2, 0.25) is 5.02 Å². The number of benzene rings is 1. The first kappa shape index (κ1) is 35.6. The van der Waals surface area contributed by atoms with E-state index in [1.807, 2.05) is 17.9 Å². The van der Waals surface area contributed by atoms with E-state index in [4.69, 9.17) is 22.1 Å². The Morgan fingerprint density at radius 1 is 1.13 bits per heavy atom. The van der Waals surface area contributed by atoms with Crippen molar-refractivity contribution in [3.63, 3.8) is 0 Å². The molecule has 1 aromatic carbocycles. The van der Waals surface area contributed by atoms with E-state index in [2.05, 4.69) is 6.92 Å². The molecule has 278 valence electrons. The van der Waals surface area contributed by atoms with E-state index in [-0.39, 0.29) is 70.1 Å². The Morgan fingerprint density at radius 2 is 1.90 bits per heavy atom. The van der Waals surface area contributed by atoms with Crippen molar-refractivity contribution in [2.24, 2.45) is 34.3 Å². The third-order valence-electron chi connectivity index (χ3n) is 13.8. The molecule has 6 aliphatic rings. The minimum absolute atomic E-state index is 0.0143. The van der Waals surface area contributed by atoms with Crippen LogP contribution < -0.4 is 16.1 Å². The number of esters is 1. The summed E-state index contributed by atoms with van der Waals surface area (Å²) in [5.74, 6) is -2.68. The molecule has 0 spiro atoms. The van der Waals surface area contributed by atoms with Gasteiger partial charge in [0.05, 0.1) is 27.7 Å². The SMILES string of the molecule is C[C@@]12C=CC(=O)C=C1CC[C@H]1C2[C@H](O)C[C@]2(C)[C@@H]1CC[C@@]2(O)C(=O)COC(=O)c1cn(C2CC2)c2c(Cl)c(N3CCCC[C@H](N)C3)c(F)cc2c1=O. The summed E-state index contributed by atoms with van der Waals surface area (Å²) in [6, 6.07) is 0.943. The van der Waals surface area contributed by atoms with Gasteiger partial charge in [0, 0.05) is 48.1 Å². The molecule has 1 saturated heterocycles. The number of aliphatic hydroxyl groups excluding tert-OH is 1.